The maximum absolute atomic E-state index is 11.2. The second-order valence-electron chi connectivity index (χ2n) is 3.77. The number of rotatable bonds is 7. The number of carboxylic acids is 1. The number of carbonyl (C=O) groups excluding carboxylic acids is 2. The van der Waals surface area contributed by atoms with Crippen LogP contribution in [0.4, 0.5) is 0 Å². The van der Waals surface area contributed by atoms with Crippen LogP contribution in [0.15, 0.2) is 0 Å². The molecule has 0 aliphatic heterocycles. The minimum atomic E-state index is -1.04. The summed E-state index contributed by atoms with van der Waals surface area (Å²) in [4.78, 5) is 32.7. The lowest BCUT2D eigenvalue weighted by Gasteiger charge is -2.34. The first-order valence-corrected chi connectivity index (χ1v) is 5.34. The number of hydrogen-bond donors (Lipinski definition) is 3. The Labute approximate surface area is 93.4 Å². The van der Waals surface area contributed by atoms with E-state index in [-0.39, 0.29) is 6.54 Å². The number of carbonyl (C=O) groups is 3. The minimum Gasteiger partial charge on any atom is -0.480 e. The monoisotopic (exact) mass is 228 g/mol. The van der Waals surface area contributed by atoms with Crippen molar-refractivity contribution < 1.29 is 19.5 Å². The molecule has 0 bridgehead atoms. The number of aliphatic carboxylic acids is 1. The second kappa shape index (κ2) is 5.72. The lowest BCUT2D eigenvalue weighted by atomic mass is 9.83. The largest absolute Gasteiger partial charge is 0.480 e. The third kappa shape index (κ3) is 2.86. The van der Waals surface area contributed by atoms with Gasteiger partial charge in [0.05, 0.1) is 18.6 Å². The Morgan fingerprint density at radius 1 is 1.25 bits per heavy atom. The summed E-state index contributed by atoms with van der Waals surface area (Å²) in [5.74, 6) is -2.03. The number of unbranched alkanes of at least 4 members (excludes halogenated alkanes) is 1. The molecule has 2 atom stereocenters. The van der Waals surface area contributed by atoms with Crippen molar-refractivity contribution in [2.75, 3.05) is 13.1 Å². The highest BCUT2D eigenvalue weighted by Gasteiger charge is 2.48. The van der Waals surface area contributed by atoms with Crippen molar-refractivity contribution in [3.63, 3.8) is 0 Å². The molecular formula is C10H16N2O4. The summed E-state index contributed by atoms with van der Waals surface area (Å²) in [6.07, 6.45) is 1.92. The van der Waals surface area contributed by atoms with Crippen LogP contribution in [0, 0.1) is 0 Å². The van der Waals surface area contributed by atoms with Crippen LogP contribution in [0.25, 0.3) is 0 Å². The Kier molecular flexibility index (Phi) is 4.57. The van der Waals surface area contributed by atoms with E-state index in [0.29, 0.717) is 6.54 Å². The van der Waals surface area contributed by atoms with Crippen LogP contribution in [0.2, 0.25) is 0 Å². The molecule has 0 heterocycles. The lowest BCUT2D eigenvalue weighted by molar-refractivity contribution is -0.148. The molecule has 0 spiro atoms. The zero-order chi connectivity index (χ0) is 12.1. The quantitative estimate of drug-likeness (QED) is 0.380. The zero-order valence-corrected chi connectivity index (χ0v) is 9.16. The normalized spacial score (nSPS) is 24.3. The van der Waals surface area contributed by atoms with Gasteiger partial charge in [-0.3, -0.25) is 19.7 Å². The Morgan fingerprint density at radius 2 is 1.81 bits per heavy atom. The summed E-state index contributed by atoms with van der Waals surface area (Å²) >= 11 is 0. The predicted octanol–water partition coefficient (Wildman–Crippen LogP) is -1.06. The highest BCUT2D eigenvalue weighted by Crippen LogP contribution is 2.11. The molecule has 1 fully saturated rings. The molecule has 16 heavy (non-hydrogen) atoms. The van der Waals surface area contributed by atoms with E-state index in [1.807, 2.05) is 6.92 Å². The van der Waals surface area contributed by atoms with Gasteiger partial charge in [-0.2, -0.15) is 0 Å². The van der Waals surface area contributed by atoms with Gasteiger partial charge in [-0.1, -0.05) is 13.3 Å². The topological polar surface area (TPSA) is 95.5 Å². The number of Topliss-reactive ketones (excluding diaryl/α,β-unsaturated/α-hetero) is 2. The molecule has 0 aromatic carbocycles. The fourth-order valence-electron chi connectivity index (χ4n) is 1.57. The van der Waals surface area contributed by atoms with Gasteiger partial charge in [0.2, 0.25) is 11.6 Å². The first-order chi connectivity index (χ1) is 7.57. The summed E-state index contributed by atoms with van der Waals surface area (Å²) < 4.78 is 0. The summed E-state index contributed by atoms with van der Waals surface area (Å²) in [7, 11) is 0. The Balaban J connectivity index is 2.38. The smallest absolute Gasteiger partial charge is 0.317 e. The molecule has 0 saturated heterocycles. The van der Waals surface area contributed by atoms with Gasteiger partial charge in [0, 0.05) is 0 Å². The van der Waals surface area contributed by atoms with Crippen molar-refractivity contribution in [1.82, 2.24) is 10.6 Å². The van der Waals surface area contributed by atoms with Crippen molar-refractivity contribution >= 4 is 17.5 Å². The standard InChI is InChI=1S/C10H16N2O4/c1-2-3-4-11-7-8(10(16)9(7)15)12-5-6(13)14/h7-8,11-12H,2-5H2,1H3,(H,13,14). The van der Waals surface area contributed by atoms with Crippen LogP contribution in [-0.2, 0) is 14.4 Å². The molecule has 1 rings (SSSR count). The maximum Gasteiger partial charge on any atom is 0.317 e. The Morgan fingerprint density at radius 3 is 2.31 bits per heavy atom. The first-order valence-electron chi connectivity index (χ1n) is 5.34. The molecule has 1 aliphatic carbocycles. The number of nitrogens with one attached hydrogen (secondary N) is 2. The van der Waals surface area contributed by atoms with Crippen molar-refractivity contribution in [1.29, 1.82) is 0 Å². The van der Waals surface area contributed by atoms with Crippen molar-refractivity contribution in [2.24, 2.45) is 0 Å². The van der Waals surface area contributed by atoms with Crippen molar-refractivity contribution in [2.45, 2.75) is 31.8 Å². The van der Waals surface area contributed by atoms with E-state index in [9.17, 15) is 14.4 Å². The zero-order valence-electron chi connectivity index (χ0n) is 9.16. The Bertz CT molecular complexity index is 303. The third-order valence-corrected chi connectivity index (χ3v) is 2.51. The second-order valence-corrected chi connectivity index (χ2v) is 3.77. The molecule has 1 aliphatic rings. The molecule has 1 saturated carbocycles. The maximum atomic E-state index is 11.2. The molecule has 0 radical (unpaired) electrons. The predicted molar refractivity (Wildman–Crippen MR) is 56.1 cm³/mol. The number of hydrogen-bond acceptors (Lipinski definition) is 5. The molecule has 90 valence electrons. The molecule has 6 heteroatoms. The lowest BCUT2D eigenvalue weighted by Crippen LogP contribution is -2.69. The van der Waals surface area contributed by atoms with Crippen molar-refractivity contribution in [3.05, 3.63) is 0 Å². The van der Waals surface area contributed by atoms with Crippen LogP contribution >= 0.6 is 0 Å². The van der Waals surface area contributed by atoms with Crippen LogP contribution in [0.3, 0.4) is 0 Å². The summed E-state index contributed by atoms with van der Waals surface area (Å²) in [6, 6.07) is -1.24. The molecule has 6 nitrogen and oxygen atoms in total. The molecule has 0 aromatic heterocycles. The van der Waals surface area contributed by atoms with Crippen LogP contribution in [0.5, 0.6) is 0 Å². The molecule has 2 unspecified atom stereocenters. The highest BCUT2D eigenvalue weighted by atomic mass is 16.4. The average Bonchev–Trinajstić information content (AvgIpc) is 2.26. The van der Waals surface area contributed by atoms with Gasteiger partial charge in [0.15, 0.2) is 0 Å². The minimum absolute atomic E-state index is 0.310. The fourth-order valence-corrected chi connectivity index (χ4v) is 1.57. The van der Waals surface area contributed by atoms with Crippen LogP contribution in [0.1, 0.15) is 19.8 Å². The molecule has 3 N–H and O–H groups in total. The number of ketones is 2. The highest BCUT2D eigenvalue weighted by molar-refractivity contribution is 6.49. The van der Waals surface area contributed by atoms with Crippen molar-refractivity contribution in [3.8, 4) is 0 Å². The SMILES string of the molecule is CCCCNC1C(=O)C(=O)C1NCC(=O)O. The Hall–Kier alpha value is -1.27. The van der Waals surface area contributed by atoms with Gasteiger partial charge >= 0.3 is 5.97 Å². The van der Waals surface area contributed by atoms with E-state index < -0.39 is 29.6 Å². The van der Waals surface area contributed by atoms with Gasteiger partial charge in [0.1, 0.15) is 0 Å². The van der Waals surface area contributed by atoms with E-state index in [4.69, 9.17) is 5.11 Å². The van der Waals surface area contributed by atoms with E-state index >= 15 is 0 Å². The van der Waals surface area contributed by atoms with E-state index in [1.54, 1.807) is 0 Å². The van der Waals surface area contributed by atoms with Gasteiger partial charge in [-0.25, -0.2) is 0 Å². The summed E-state index contributed by atoms with van der Waals surface area (Å²) in [5.41, 5.74) is 0. The van der Waals surface area contributed by atoms with E-state index in [2.05, 4.69) is 10.6 Å². The molecule has 0 amide bonds. The van der Waals surface area contributed by atoms with E-state index in [0.717, 1.165) is 12.8 Å². The molecule has 0 aromatic rings. The van der Waals surface area contributed by atoms with Gasteiger partial charge in [-0.15, -0.1) is 0 Å². The van der Waals surface area contributed by atoms with Gasteiger partial charge in [-0.05, 0) is 13.0 Å². The summed E-state index contributed by atoms with van der Waals surface area (Å²) in [5, 5.41) is 13.9. The molecular weight excluding hydrogens is 212 g/mol. The fraction of sp³-hybridized carbons (Fsp3) is 0.700. The number of carboxylic acid groups (broad SMARTS) is 1. The average molecular weight is 228 g/mol. The van der Waals surface area contributed by atoms with E-state index in [1.165, 1.54) is 0 Å². The van der Waals surface area contributed by atoms with Gasteiger partial charge in [0.25, 0.3) is 0 Å². The van der Waals surface area contributed by atoms with Crippen LogP contribution in [-0.4, -0.2) is 47.8 Å². The van der Waals surface area contributed by atoms with Crippen LogP contribution < -0.4 is 10.6 Å². The van der Waals surface area contributed by atoms with Gasteiger partial charge < -0.3 is 10.4 Å². The summed E-state index contributed by atoms with van der Waals surface area (Å²) in [6.45, 7) is 2.37. The third-order valence-electron chi connectivity index (χ3n) is 2.51. The first kappa shape index (κ1) is 12.8.